The molecule has 6 heteroatoms. The predicted octanol–water partition coefficient (Wildman–Crippen LogP) is 0.954. The fraction of sp³-hybridized carbons (Fsp3) is 0.455. The van der Waals surface area contributed by atoms with Crippen molar-refractivity contribution < 1.29 is 5.11 Å². The van der Waals surface area contributed by atoms with Gasteiger partial charge in [-0.3, -0.25) is 0 Å². The van der Waals surface area contributed by atoms with Crippen LogP contribution in [0.15, 0.2) is 18.6 Å². The zero-order valence-electron chi connectivity index (χ0n) is 10.0. The molecule has 92 valence electrons. The van der Waals surface area contributed by atoms with Crippen LogP contribution in [0.4, 0.5) is 11.6 Å². The zero-order valence-corrected chi connectivity index (χ0v) is 10.0. The van der Waals surface area contributed by atoms with Crippen LogP contribution in [0, 0.1) is 0 Å². The summed E-state index contributed by atoms with van der Waals surface area (Å²) in [6, 6.07) is 0. The number of fused-ring (bicyclic) bond motifs is 1. The van der Waals surface area contributed by atoms with Gasteiger partial charge in [-0.2, -0.15) is 0 Å². The van der Waals surface area contributed by atoms with Crippen molar-refractivity contribution in [2.24, 2.45) is 0 Å². The Morgan fingerprint density at radius 2 is 2.29 bits per heavy atom. The zero-order chi connectivity index (χ0) is 12.3. The molecule has 6 nitrogen and oxygen atoms in total. The van der Waals surface area contributed by atoms with E-state index in [1.54, 1.807) is 13.1 Å². The topological polar surface area (TPSA) is 74.5 Å². The average Bonchev–Trinajstić information content (AvgIpc) is 2.74. The second-order valence-electron chi connectivity index (χ2n) is 3.89. The molecule has 2 aromatic heterocycles. The fourth-order valence-electron chi connectivity index (χ4n) is 1.56. The number of aromatic nitrogens is 3. The van der Waals surface area contributed by atoms with Crippen molar-refractivity contribution in [3.05, 3.63) is 18.6 Å². The van der Waals surface area contributed by atoms with Crippen LogP contribution in [0.3, 0.4) is 0 Å². The largest absolute Gasteiger partial charge is 0.392 e. The Hall–Kier alpha value is -1.82. The highest BCUT2D eigenvalue weighted by molar-refractivity contribution is 5.65. The number of rotatable bonds is 5. The molecule has 3 N–H and O–H groups in total. The van der Waals surface area contributed by atoms with Crippen LogP contribution in [-0.2, 0) is 0 Å². The minimum Gasteiger partial charge on any atom is -0.392 e. The Labute approximate surface area is 99.7 Å². The molecule has 0 fully saturated rings. The molecule has 2 rings (SSSR count). The van der Waals surface area contributed by atoms with Gasteiger partial charge in [-0.25, -0.2) is 9.97 Å². The van der Waals surface area contributed by atoms with Crippen LogP contribution in [-0.4, -0.2) is 38.7 Å². The number of imidazole rings is 1. The molecule has 0 aliphatic carbocycles. The van der Waals surface area contributed by atoms with E-state index < -0.39 is 6.10 Å². The van der Waals surface area contributed by atoms with Crippen LogP contribution in [0.1, 0.15) is 13.8 Å². The summed E-state index contributed by atoms with van der Waals surface area (Å²) in [4.78, 5) is 8.64. The van der Waals surface area contributed by atoms with Gasteiger partial charge in [0.1, 0.15) is 5.82 Å². The molecule has 0 radical (unpaired) electrons. The van der Waals surface area contributed by atoms with Gasteiger partial charge in [-0.15, -0.1) is 0 Å². The van der Waals surface area contributed by atoms with Crippen LogP contribution < -0.4 is 10.6 Å². The van der Waals surface area contributed by atoms with Gasteiger partial charge in [0.2, 0.25) is 0 Å². The van der Waals surface area contributed by atoms with Crippen LogP contribution in [0.25, 0.3) is 5.65 Å². The van der Waals surface area contributed by atoms with Crippen molar-refractivity contribution in [2.75, 3.05) is 23.7 Å². The summed E-state index contributed by atoms with van der Waals surface area (Å²) in [6.45, 7) is 5.00. The summed E-state index contributed by atoms with van der Waals surface area (Å²) < 4.78 is 1.90. The van der Waals surface area contributed by atoms with Crippen molar-refractivity contribution in [1.29, 1.82) is 0 Å². The molecule has 0 saturated heterocycles. The van der Waals surface area contributed by atoms with Gasteiger partial charge in [-0.1, -0.05) is 0 Å². The van der Waals surface area contributed by atoms with Gasteiger partial charge in [-0.05, 0) is 13.8 Å². The molecule has 2 heterocycles. The summed E-state index contributed by atoms with van der Waals surface area (Å²) in [5.74, 6) is 1.46. The van der Waals surface area contributed by atoms with Crippen LogP contribution >= 0.6 is 0 Å². The van der Waals surface area contributed by atoms with E-state index in [0.29, 0.717) is 12.4 Å². The molecular weight excluding hydrogens is 218 g/mol. The highest BCUT2D eigenvalue weighted by Crippen LogP contribution is 2.16. The Morgan fingerprint density at radius 1 is 1.47 bits per heavy atom. The quantitative estimate of drug-likeness (QED) is 0.719. The Balaban J connectivity index is 2.32. The monoisotopic (exact) mass is 235 g/mol. The van der Waals surface area contributed by atoms with Gasteiger partial charge in [0.15, 0.2) is 11.5 Å². The van der Waals surface area contributed by atoms with E-state index in [2.05, 4.69) is 20.6 Å². The van der Waals surface area contributed by atoms with Gasteiger partial charge in [0.25, 0.3) is 0 Å². The number of anilines is 2. The Kier molecular flexibility index (Phi) is 3.43. The van der Waals surface area contributed by atoms with Crippen molar-refractivity contribution in [2.45, 2.75) is 20.0 Å². The maximum absolute atomic E-state index is 9.28. The normalized spacial score (nSPS) is 12.6. The molecule has 0 aromatic carbocycles. The van der Waals surface area contributed by atoms with E-state index in [-0.39, 0.29) is 0 Å². The molecule has 2 aromatic rings. The minimum atomic E-state index is -0.422. The first-order chi connectivity index (χ1) is 8.20. The summed E-state index contributed by atoms with van der Waals surface area (Å²) >= 11 is 0. The van der Waals surface area contributed by atoms with Gasteiger partial charge in [0, 0.05) is 25.5 Å². The fourth-order valence-corrected chi connectivity index (χ4v) is 1.56. The summed E-state index contributed by atoms with van der Waals surface area (Å²) in [6.07, 6.45) is 5.06. The van der Waals surface area contributed by atoms with Crippen molar-refractivity contribution in [3.63, 3.8) is 0 Å². The first kappa shape index (κ1) is 11.7. The van der Waals surface area contributed by atoms with E-state index in [1.807, 2.05) is 23.7 Å². The first-order valence-corrected chi connectivity index (χ1v) is 5.70. The van der Waals surface area contributed by atoms with Gasteiger partial charge >= 0.3 is 0 Å². The summed E-state index contributed by atoms with van der Waals surface area (Å²) in [7, 11) is 0. The third kappa shape index (κ3) is 2.65. The smallest absolute Gasteiger partial charge is 0.180 e. The van der Waals surface area contributed by atoms with Gasteiger partial charge < -0.3 is 20.1 Å². The number of hydrogen-bond acceptors (Lipinski definition) is 5. The van der Waals surface area contributed by atoms with Gasteiger partial charge in [0.05, 0.1) is 12.3 Å². The van der Waals surface area contributed by atoms with Crippen LogP contribution in [0.5, 0.6) is 0 Å². The number of aliphatic hydroxyl groups is 1. The number of nitrogens with zero attached hydrogens (tertiary/aromatic N) is 3. The number of aliphatic hydroxyl groups excluding tert-OH is 1. The van der Waals surface area contributed by atoms with Crippen LogP contribution in [0.2, 0.25) is 0 Å². The minimum absolute atomic E-state index is 0.422. The van der Waals surface area contributed by atoms with Crippen molar-refractivity contribution >= 4 is 17.3 Å². The molecule has 0 aliphatic rings. The Bertz CT molecular complexity index is 494. The molecule has 17 heavy (non-hydrogen) atoms. The maximum atomic E-state index is 9.28. The van der Waals surface area contributed by atoms with E-state index in [9.17, 15) is 5.11 Å². The lowest BCUT2D eigenvalue weighted by atomic mass is 10.4. The predicted molar refractivity (Wildman–Crippen MR) is 67.3 cm³/mol. The lowest BCUT2D eigenvalue weighted by Gasteiger charge is -2.11. The van der Waals surface area contributed by atoms with E-state index in [0.717, 1.165) is 18.0 Å². The second-order valence-corrected chi connectivity index (χ2v) is 3.89. The summed E-state index contributed by atoms with van der Waals surface area (Å²) in [5.41, 5.74) is 0.757. The highest BCUT2D eigenvalue weighted by Gasteiger charge is 2.07. The third-order valence-corrected chi connectivity index (χ3v) is 2.30. The van der Waals surface area contributed by atoms with E-state index >= 15 is 0 Å². The maximum Gasteiger partial charge on any atom is 0.180 e. The molecular formula is C11H17N5O. The average molecular weight is 235 g/mol. The number of nitrogens with one attached hydrogen (secondary N) is 2. The third-order valence-electron chi connectivity index (χ3n) is 2.30. The Morgan fingerprint density at radius 3 is 3.00 bits per heavy atom. The summed E-state index contributed by atoms with van der Waals surface area (Å²) in [5, 5.41) is 15.5. The lowest BCUT2D eigenvalue weighted by molar-refractivity contribution is 0.208. The first-order valence-electron chi connectivity index (χ1n) is 5.70. The standard InChI is InChI=1S/C11H17N5O/c1-3-12-9-7-16-5-4-13-11(16)10(15-9)14-6-8(2)17/h4-5,7-8,12,17H,3,6H2,1-2H3,(H,14,15). The molecule has 1 unspecified atom stereocenters. The molecule has 0 aliphatic heterocycles. The van der Waals surface area contributed by atoms with Crippen molar-refractivity contribution in [1.82, 2.24) is 14.4 Å². The molecule has 0 spiro atoms. The number of hydrogen-bond donors (Lipinski definition) is 3. The second kappa shape index (κ2) is 5.01. The SMILES string of the molecule is CCNc1cn2ccnc2c(NCC(C)O)n1. The van der Waals surface area contributed by atoms with E-state index in [4.69, 9.17) is 0 Å². The molecule has 0 saturated carbocycles. The van der Waals surface area contributed by atoms with Crippen molar-refractivity contribution in [3.8, 4) is 0 Å². The van der Waals surface area contributed by atoms with E-state index in [1.165, 1.54) is 0 Å². The molecule has 0 amide bonds. The molecule has 0 bridgehead atoms. The molecule has 1 atom stereocenters. The highest BCUT2D eigenvalue weighted by atomic mass is 16.3. The lowest BCUT2D eigenvalue weighted by Crippen LogP contribution is -2.17.